The summed E-state index contributed by atoms with van der Waals surface area (Å²) in [5.74, 6) is -0.207. The topological polar surface area (TPSA) is 95.3 Å². The highest BCUT2D eigenvalue weighted by Crippen LogP contribution is 2.48. The average Bonchev–Trinajstić information content (AvgIpc) is 2.96. The predicted molar refractivity (Wildman–Crippen MR) is 56.2 cm³/mol. The van der Waals surface area contributed by atoms with Gasteiger partial charge in [0.25, 0.3) is 5.56 Å². The first-order chi connectivity index (χ1) is 7.60. The van der Waals surface area contributed by atoms with E-state index >= 15 is 0 Å². The van der Waals surface area contributed by atoms with Crippen LogP contribution in [0.3, 0.4) is 0 Å². The monoisotopic (exact) mass is 226 g/mol. The van der Waals surface area contributed by atoms with Gasteiger partial charge in [0.15, 0.2) is 0 Å². The molecule has 1 aromatic heterocycles. The summed E-state index contributed by atoms with van der Waals surface area (Å²) in [4.78, 5) is 24.9. The minimum Gasteiger partial charge on any atom is -0.396 e. The van der Waals surface area contributed by atoms with Crippen molar-refractivity contribution in [3.05, 3.63) is 32.6 Å². The Morgan fingerprint density at radius 2 is 1.88 bits per heavy atom. The minimum atomic E-state index is -0.491. The van der Waals surface area contributed by atoms with Crippen molar-refractivity contribution in [1.82, 2.24) is 9.55 Å². The number of aromatic amines is 1. The van der Waals surface area contributed by atoms with E-state index < -0.39 is 11.2 Å². The normalized spacial score (nSPS) is 28.1. The molecule has 1 aliphatic carbocycles. The SMILES string of the molecule is Cc1cn(C2[C@H](CO)[C@H]2CO)c(=O)[nH]c1=O. The molecule has 0 radical (unpaired) electrons. The van der Waals surface area contributed by atoms with Crippen LogP contribution in [0.4, 0.5) is 0 Å². The third-order valence-corrected chi connectivity index (χ3v) is 3.18. The molecular formula is C10H14N2O4. The number of hydrogen-bond acceptors (Lipinski definition) is 4. The van der Waals surface area contributed by atoms with Crippen LogP contribution in [-0.2, 0) is 0 Å². The zero-order chi connectivity index (χ0) is 11.9. The number of hydrogen-bond donors (Lipinski definition) is 3. The molecule has 1 aromatic rings. The van der Waals surface area contributed by atoms with E-state index in [0.29, 0.717) is 5.56 Å². The molecule has 1 heterocycles. The highest BCUT2D eigenvalue weighted by molar-refractivity contribution is 5.08. The Hall–Kier alpha value is -1.40. The summed E-state index contributed by atoms with van der Waals surface area (Å²) in [6.07, 6.45) is 1.48. The molecule has 16 heavy (non-hydrogen) atoms. The molecular weight excluding hydrogens is 212 g/mol. The van der Waals surface area contributed by atoms with Crippen molar-refractivity contribution in [3.8, 4) is 0 Å². The van der Waals surface area contributed by atoms with Gasteiger partial charge in [0.05, 0.1) is 0 Å². The first kappa shape index (κ1) is 11.1. The van der Waals surface area contributed by atoms with E-state index in [1.165, 1.54) is 10.8 Å². The second kappa shape index (κ2) is 3.88. The second-order valence-corrected chi connectivity index (χ2v) is 4.16. The molecule has 0 spiro atoms. The molecule has 1 fully saturated rings. The summed E-state index contributed by atoms with van der Waals surface area (Å²) in [5, 5.41) is 18.1. The maximum absolute atomic E-state index is 11.5. The quantitative estimate of drug-likeness (QED) is 0.591. The lowest BCUT2D eigenvalue weighted by Crippen LogP contribution is -2.31. The van der Waals surface area contributed by atoms with Crippen LogP contribution in [0.5, 0.6) is 0 Å². The van der Waals surface area contributed by atoms with Gasteiger partial charge < -0.3 is 10.2 Å². The molecule has 1 aliphatic rings. The van der Waals surface area contributed by atoms with E-state index in [2.05, 4.69) is 4.98 Å². The summed E-state index contributed by atoms with van der Waals surface area (Å²) < 4.78 is 1.39. The number of aryl methyl sites for hydroxylation is 1. The van der Waals surface area contributed by atoms with Crippen molar-refractivity contribution in [1.29, 1.82) is 0 Å². The first-order valence-corrected chi connectivity index (χ1v) is 5.14. The molecule has 2 atom stereocenters. The number of nitrogens with zero attached hydrogens (tertiary/aromatic N) is 1. The summed E-state index contributed by atoms with van der Waals surface area (Å²) in [6.45, 7) is 1.47. The fraction of sp³-hybridized carbons (Fsp3) is 0.600. The zero-order valence-corrected chi connectivity index (χ0v) is 8.88. The Morgan fingerprint density at radius 3 is 2.38 bits per heavy atom. The van der Waals surface area contributed by atoms with Gasteiger partial charge in [0.2, 0.25) is 0 Å². The number of nitrogens with one attached hydrogen (secondary N) is 1. The standard InChI is InChI=1S/C10H14N2O4/c1-5-2-12(10(16)11-9(5)15)8-6(3-13)7(8)4-14/h2,6-8,13-14H,3-4H2,1H3,(H,11,15,16)/t6-,7-/m1/s1. The van der Waals surface area contributed by atoms with Gasteiger partial charge in [-0.2, -0.15) is 0 Å². The fourth-order valence-electron chi connectivity index (χ4n) is 2.13. The van der Waals surface area contributed by atoms with Gasteiger partial charge in [-0.3, -0.25) is 14.3 Å². The maximum atomic E-state index is 11.5. The Morgan fingerprint density at radius 1 is 1.31 bits per heavy atom. The number of rotatable bonds is 3. The van der Waals surface area contributed by atoms with Crippen LogP contribution in [0.2, 0.25) is 0 Å². The van der Waals surface area contributed by atoms with Gasteiger partial charge in [-0.1, -0.05) is 0 Å². The Labute approximate surface area is 91.2 Å². The van der Waals surface area contributed by atoms with Crippen molar-refractivity contribution >= 4 is 0 Å². The fourth-order valence-corrected chi connectivity index (χ4v) is 2.13. The molecule has 0 saturated heterocycles. The number of aliphatic hydroxyl groups is 2. The van der Waals surface area contributed by atoms with Crippen LogP contribution in [0.1, 0.15) is 11.6 Å². The molecule has 1 saturated carbocycles. The minimum absolute atomic E-state index is 0.0689. The molecule has 0 bridgehead atoms. The average molecular weight is 226 g/mol. The lowest BCUT2D eigenvalue weighted by atomic mass is 10.3. The van der Waals surface area contributed by atoms with Crippen molar-refractivity contribution in [2.24, 2.45) is 11.8 Å². The van der Waals surface area contributed by atoms with Crippen LogP contribution in [0.15, 0.2) is 15.8 Å². The van der Waals surface area contributed by atoms with E-state index in [-0.39, 0.29) is 31.1 Å². The Bertz CT molecular complexity index is 494. The third-order valence-electron chi connectivity index (χ3n) is 3.18. The van der Waals surface area contributed by atoms with E-state index in [1.807, 2.05) is 0 Å². The van der Waals surface area contributed by atoms with Gasteiger partial charge in [-0.25, -0.2) is 4.79 Å². The van der Waals surface area contributed by atoms with E-state index in [1.54, 1.807) is 6.92 Å². The van der Waals surface area contributed by atoms with Crippen molar-refractivity contribution in [2.45, 2.75) is 13.0 Å². The molecule has 3 N–H and O–H groups in total. The smallest absolute Gasteiger partial charge is 0.328 e. The number of H-pyrrole nitrogens is 1. The van der Waals surface area contributed by atoms with Crippen LogP contribution in [0, 0.1) is 18.8 Å². The van der Waals surface area contributed by atoms with Gasteiger partial charge in [0.1, 0.15) is 0 Å². The molecule has 0 unspecified atom stereocenters. The molecule has 0 amide bonds. The van der Waals surface area contributed by atoms with Crippen molar-refractivity contribution < 1.29 is 10.2 Å². The summed E-state index contributed by atoms with van der Waals surface area (Å²) in [7, 11) is 0. The predicted octanol–water partition coefficient (Wildman–Crippen LogP) is -1.38. The lowest BCUT2D eigenvalue weighted by Gasteiger charge is -2.04. The summed E-state index contributed by atoms with van der Waals surface area (Å²) in [6, 6.07) is -0.210. The summed E-state index contributed by atoms with van der Waals surface area (Å²) in [5.41, 5.74) is -0.446. The van der Waals surface area contributed by atoms with Crippen LogP contribution in [-0.4, -0.2) is 33.0 Å². The van der Waals surface area contributed by atoms with E-state index in [9.17, 15) is 9.59 Å². The number of aliphatic hydroxyl groups excluding tert-OH is 2. The van der Waals surface area contributed by atoms with Crippen molar-refractivity contribution in [2.75, 3.05) is 13.2 Å². The Kier molecular flexibility index (Phi) is 2.69. The van der Waals surface area contributed by atoms with Gasteiger partial charge >= 0.3 is 5.69 Å². The lowest BCUT2D eigenvalue weighted by molar-refractivity contribution is 0.232. The highest BCUT2D eigenvalue weighted by Gasteiger charge is 2.51. The molecule has 6 nitrogen and oxygen atoms in total. The van der Waals surface area contributed by atoms with Crippen LogP contribution < -0.4 is 11.2 Å². The molecule has 6 heteroatoms. The molecule has 88 valence electrons. The highest BCUT2D eigenvalue weighted by atomic mass is 16.3. The maximum Gasteiger partial charge on any atom is 0.328 e. The number of aromatic nitrogens is 2. The first-order valence-electron chi connectivity index (χ1n) is 5.14. The van der Waals surface area contributed by atoms with Gasteiger partial charge in [0, 0.05) is 42.9 Å². The van der Waals surface area contributed by atoms with Crippen LogP contribution in [0.25, 0.3) is 0 Å². The van der Waals surface area contributed by atoms with Gasteiger partial charge in [-0.05, 0) is 6.92 Å². The zero-order valence-electron chi connectivity index (χ0n) is 8.88. The van der Waals surface area contributed by atoms with Crippen molar-refractivity contribution in [3.63, 3.8) is 0 Å². The van der Waals surface area contributed by atoms with E-state index in [4.69, 9.17) is 10.2 Å². The van der Waals surface area contributed by atoms with Gasteiger partial charge in [-0.15, -0.1) is 0 Å². The largest absolute Gasteiger partial charge is 0.396 e. The molecule has 2 rings (SSSR count). The van der Waals surface area contributed by atoms with Crippen LogP contribution >= 0.6 is 0 Å². The second-order valence-electron chi connectivity index (χ2n) is 4.16. The third kappa shape index (κ3) is 1.60. The molecule has 0 aliphatic heterocycles. The van der Waals surface area contributed by atoms with E-state index in [0.717, 1.165) is 0 Å². The molecule has 0 aromatic carbocycles. The Balaban J connectivity index is 2.39. The summed E-state index contributed by atoms with van der Waals surface area (Å²) >= 11 is 0.